The summed E-state index contributed by atoms with van der Waals surface area (Å²) < 4.78 is 0. The number of carbonyl (C=O) groups is 2. The highest BCUT2D eigenvalue weighted by Gasteiger charge is 2.23. The molecule has 0 aliphatic heterocycles. The molecule has 1 aromatic carbocycles. The lowest BCUT2D eigenvalue weighted by atomic mass is 10.1. The fourth-order valence-corrected chi connectivity index (χ4v) is 1.93. The molecule has 1 aliphatic carbocycles. The highest BCUT2D eigenvalue weighted by atomic mass is 35.5. The van der Waals surface area contributed by atoms with E-state index >= 15 is 0 Å². The Morgan fingerprint density at radius 2 is 2.10 bits per heavy atom. The summed E-state index contributed by atoms with van der Waals surface area (Å²) in [6.45, 7) is 0.112. The summed E-state index contributed by atoms with van der Waals surface area (Å²) >= 11 is 5.75. The summed E-state index contributed by atoms with van der Waals surface area (Å²) in [6, 6.07) is 4.03. The Bertz CT molecular complexity index is 587. The van der Waals surface area contributed by atoms with Crippen LogP contribution in [0.3, 0.4) is 0 Å². The van der Waals surface area contributed by atoms with E-state index in [-0.39, 0.29) is 41.2 Å². The fourth-order valence-electron chi connectivity index (χ4n) is 1.76. The van der Waals surface area contributed by atoms with Crippen molar-refractivity contribution in [2.75, 3.05) is 6.54 Å². The van der Waals surface area contributed by atoms with Gasteiger partial charge in [0.05, 0.1) is 4.92 Å². The second-order valence-corrected chi connectivity index (χ2v) is 5.20. The summed E-state index contributed by atoms with van der Waals surface area (Å²) in [5, 5.41) is 16.4. The van der Waals surface area contributed by atoms with E-state index in [4.69, 9.17) is 11.6 Å². The number of nitrogens with zero attached hydrogens (tertiary/aromatic N) is 1. The molecule has 0 spiro atoms. The summed E-state index contributed by atoms with van der Waals surface area (Å²) in [4.78, 5) is 33.6. The van der Waals surface area contributed by atoms with Gasteiger partial charge in [0.1, 0.15) is 5.56 Å². The van der Waals surface area contributed by atoms with Gasteiger partial charge in [0, 0.05) is 30.1 Å². The molecule has 0 aromatic heterocycles. The van der Waals surface area contributed by atoms with Gasteiger partial charge in [-0.3, -0.25) is 19.7 Å². The molecule has 2 amide bonds. The molecule has 112 valence electrons. The van der Waals surface area contributed by atoms with Crippen molar-refractivity contribution in [2.45, 2.75) is 25.3 Å². The normalized spacial score (nSPS) is 13.6. The zero-order valence-corrected chi connectivity index (χ0v) is 11.9. The number of amides is 2. The van der Waals surface area contributed by atoms with Gasteiger partial charge in [-0.2, -0.15) is 0 Å². The Kier molecular flexibility index (Phi) is 4.74. The van der Waals surface area contributed by atoms with Crippen molar-refractivity contribution < 1.29 is 14.5 Å². The Hall–Kier alpha value is -2.15. The van der Waals surface area contributed by atoms with Crippen molar-refractivity contribution in [1.82, 2.24) is 10.6 Å². The van der Waals surface area contributed by atoms with Crippen molar-refractivity contribution in [3.8, 4) is 0 Å². The first-order chi connectivity index (χ1) is 9.97. The number of benzene rings is 1. The van der Waals surface area contributed by atoms with Gasteiger partial charge in [0.15, 0.2) is 0 Å². The molecule has 0 atom stereocenters. The van der Waals surface area contributed by atoms with Gasteiger partial charge in [0.25, 0.3) is 11.6 Å². The van der Waals surface area contributed by atoms with Crippen LogP contribution in [0.1, 0.15) is 29.6 Å². The van der Waals surface area contributed by atoms with Crippen LogP contribution in [0.4, 0.5) is 5.69 Å². The highest BCUT2D eigenvalue weighted by molar-refractivity contribution is 6.31. The molecule has 1 saturated carbocycles. The van der Waals surface area contributed by atoms with E-state index < -0.39 is 10.8 Å². The lowest BCUT2D eigenvalue weighted by Gasteiger charge is -2.06. The Balaban J connectivity index is 1.91. The maximum absolute atomic E-state index is 11.9. The lowest BCUT2D eigenvalue weighted by molar-refractivity contribution is -0.385. The molecule has 0 bridgehead atoms. The number of nitro benzene ring substituents is 1. The number of rotatable bonds is 6. The van der Waals surface area contributed by atoms with Gasteiger partial charge in [-0.1, -0.05) is 11.6 Å². The molecule has 0 unspecified atom stereocenters. The van der Waals surface area contributed by atoms with Crippen LogP contribution >= 0.6 is 11.6 Å². The van der Waals surface area contributed by atoms with Crippen molar-refractivity contribution >= 4 is 29.1 Å². The van der Waals surface area contributed by atoms with Crippen molar-refractivity contribution in [3.05, 3.63) is 38.9 Å². The first kappa shape index (κ1) is 15.2. The van der Waals surface area contributed by atoms with Gasteiger partial charge in [-0.25, -0.2) is 0 Å². The second-order valence-electron chi connectivity index (χ2n) is 4.77. The third-order valence-corrected chi connectivity index (χ3v) is 3.22. The molecule has 0 saturated heterocycles. The number of nitro groups is 1. The molecule has 1 aromatic rings. The van der Waals surface area contributed by atoms with E-state index in [9.17, 15) is 19.7 Å². The van der Waals surface area contributed by atoms with E-state index in [1.165, 1.54) is 18.2 Å². The predicted molar refractivity (Wildman–Crippen MR) is 76.2 cm³/mol. The van der Waals surface area contributed by atoms with Crippen molar-refractivity contribution in [3.63, 3.8) is 0 Å². The SMILES string of the molecule is O=C(CCNC(=O)c1cc(Cl)ccc1[N+](=O)[O-])NC1CC1. The van der Waals surface area contributed by atoms with Crippen molar-refractivity contribution in [1.29, 1.82) is 0 Å². The Morgan fingerprint density at radius 1 is 1.38 bits per heavy atom. The average molecular weight is 312 g/mol. The maximum atomic E-state index is 11.9. The van der Waals surface area contributed by atoms with Crippen LogP contribution in [0, 0.1) is 10.1 Å². The Labute approximate surface area is 125 Å². The summed E-state index contributed by atoms with van der Waals surface area (Å²) in [5.74, 6) is -0.762. The van der Waals surface area contributed by atoms with Crippen LogP contribution in [-0.2, 0) is 4.79 Å². The molecule has 1 fully saturated rings. The Morgan fingerprint density at radius 3 is 2.71 bits per heavy atom. The van der Waals surface area contributed by atoms with Crippen LogP contribution in [0.2, 0.25) is 5.02 Å². The summed E-state index contributed by atoms with van der Waals surface area (Å²) in [5.41, 5.74) is -0.436. The minimum Gasteiger partial charge on any atom is -0.353 e. The predicted octanol–water partition coefficient (Wildman–Crippen LogP) is 1.65. The zero-order valence-electron chi connectivity index (χ0n) is 11.1. The number of hydrogen-bond donors (Lipinski definition) is 2. The van der Waals surface area contributed by atoms with Crippen LogP contribution in [0.25, 0.3) is 0 Å². The van der Waals surface area contributed by atoms with Crippen LogP contribution < -0.4 is 10.6 Å². The zero-order chi connectivity index (χ0) is 15.4. The van der Waals surface area contributed by atoms with E-state index in [0.717, 1.165) is 12.8 Å². The second kappa shape index (κ2) is 6.53. The average Bonchev–Trinajstić information content (AvgIpc) is 3.21. The number of halogens is 1. The first-order valence-electron chi connectivity index (χ1n) is 6.49. The van der Waals surface area contributed by atoms with Gasteiger partial charge in [-0.05, 0) is 25.0 Å². The van der Waals surface area contributed by atoms with Crippen LogP contribution in [0.15, 0.2) is 18.2 Å². The fraction of sp³-hybridized carbons (Fsp3) is 0.385. The molecular weight excluding hydrogens is 298 g/mol. The minimum absolute atomic E-state index is 0.112. The number of carbonyl (C=O) groups excluding carboxylic acids is 2. The van der Waals surface area contributed by atoms with Crippen LogP contribution in [-0.4, -0.2) is 29.3 Å². The largest absolute Gasteiger partial charge is 0.353 e. The van der Waals surface area contributed by atoms with Gasteiger partial charge in [0.2, 0.25) is 5.91 Å². The minimum atomic E-state index is -0.648. The van der Waals surface area contributed by atoms with Gasteiger partial charge < -0.3 is 10.6 Å². The first-order valence-corrected chi connectivity index (χ1v) is 6.86. The van der Waals surface area contributed by atoms with Crippen LogP contribution in [0.5, 0.6) is 0 Å². The molecule has 1 aliphatic rings. The maximum Gasteiger partial charge on any atom is 0.282 e. The molecule has 8 heteroatoms. The number of nitrogens with one attached hydrogen (secondary N) is 2. The molecular formula is C13H14ClN3O4. The summed E-state index contributed by atoms with van der Waals surface area (Å²) in [6.07, 6.45) is 2.12. The summed E-state index contributed by atoms with van der Waals surface area (Å²) in [7, 11) is 0. The monoisotopic (exact) mass is 311 g/mol. The highest BCUT2D eigenvalue weighted by Crippen LogP contribution is 2.22. The topological polar surface area (TPSA) is 101 Å². The molecule has 21 heavy (non-hydrogen) atoms. The quantitative estimate of drug-likeness (QED) is 0.616. The van der Waals surface area contributed by atoms with E-state index in [0.29, 0.717) is 0 Å². The third-order valence-electron chi connectivity index (χ3n) is 2.98. The molecule has 0 heterocycles. The molecule has 0 radical (unpaired) electrons. The number of hydrogen-bond acceptors (Lipinski definition) is 4. The lowest BCUT2D eigenvalue weighted by Crippen LogP contribution is -2.31. The smallest absolute Gasteiger partial charge is 0.282 e. The van der Waals surface area contributed by atoms with Crippen molar-refractivity contribution in [2.24, 2.45) is 0 Å². The van der Waals surface area contributed by atoms with E-state index in [1.807, 2.05) is 0 Å². The molecule has 2 N–H and O–H groups in total. The van der Waals surface area contributed by atoms with Gasteiger partial charge in [-0.15, -0.1) is 0 Å². The van der Waals surface area contributed by atoms with E-state index in [1.54, 1.807) is 0 Å². The van der Waals surface area contributed by atoms with E-state index in [2.05, 4.69) is 10.6 Å². The third kappa shape index (κ3) is 4.42. The molecule has 7 nitrogen and oxygen atoms in total. The molecule has 2 rings (SSSR count). The standard InChI is InChI=1S/C13H14ClN3O4/c14-8-1-4-11(17(20)21)10(7-8)13(19)15-6-5-12(18)16-9-2-3-9/h1,4,7,9H,2-3,5-6H2,(H,15,19)(H,16,18). The van der Waals surface area contributed by atoms with Gasteiger partial charge >= 0.3 is 0 Å².